The number of para-hydroxylation sites is 1. The monoisotopic (exact) mass is 418 g/mol. The number of carbonyl (C=O) groups excluding carboxylic acids is 2. The topological polar surface area (TPSA) is 64.8 Å². The van der Waals surface area contributed by atoms with Gasteiger partial charge in [-0.25, -0.2) is 0 Å². The third kappa shape index (κ3) is 5.47. The van der Waals surface area contributed by atoms with E-state index in [0.29, 0.717) is 10.7 Å². The number of ether oxygens (including phenoxy) is 1. The van der Waals surface area contributed by atoms with Gasteiger partial charge in [-0.15, -0.1) is 0 Å². The van der Waals surface area contributed by atoms with Gasteiger partial charge in [-0.3, -0.25) is 9.59 Å². The van der Waals surface area contributed by atoms with Crippen molar-refractivity contribution in [3.63, 3.8) is 0 Å². The van der Waals surface area contributed by atoms with Gasteiger partial charge in [0.05, 0.1) is 23.9 Å². The molecule has 1 aromatic heterocycles. The van der Waals surface area contributed by atoms with Gasteiger partial charge < -0.3 is 19.5 Å². The molecule has 3 rings (SSSR count). The summed E-state index contributed by atoms with van der Waals surface area (Å²) in [6, 6.07) is 9.05. The van der Waals surface area contributed by atoms with Crippen LogP contribution in [0.2, 0.25) is 5.02 Å². The summed E-state index contributed by atoms with van der Waals surface area (Å²) in [4.78, 5) is 26.0. The van der Waals surface area contributed by atoms with E-state index in [1.807, 2.05) is 39.1 Å². The van der Waals surface area contributed by atoms with Crippen LogP contribution >= 0.6 is 11.6 Å². The van der Waals surface area contributed by atoms with Gasteiger partial charge in [0.15, 0.2) is 6.54 Å². The van der Waals surface area contributed by atoms with Crippen molar-refractivity contribution in [3.05, 3.63) is 52.3 Å². The lowest BCUT2D eigenvalue weighted by molar-refractivity contribution is -0.861. The first-order valence-corrected chi connectivity index (χ1v) is 10.4. The van der Waals surface area contributed by atoms with Crippen molar-refractivity contribution < 1.29 is 19.2 Å². The normalized spacial score (nSPS) is 17.3. The standard InChI is InChI=1S/C22H28ClN3O3/c1-15-11-18(16(2)26(15)12-17-7-6-10-29-17)21(27)13-25(3)14-22(28)24-20-9-5-4-8-19(20)23/h4-5,8-9,11,17H,6-7,10,12-14H2,1-3H3,(H,24,28)/p+1/t17-/m0/s1. The molecule has 2 atom stereocenters. The van der Waals surface area contributed by atoms with Gasteiger partial charge in [0, 0.05) is 30.1 Å². The Kier molecular flexibility index (Phi) is 7.11. The largest absolute Gasteiger partial charge is 0.376 e. The van der Waals surface area contributed by atoms with E-state index in [1.165, 1.54) is 0 Å². The van der Waals surface area contributed by atoms with Gasteiger partial charge in [0.2, 0.25) is 5.78 Å². The van der Waals surface area contributed by atoms with E-state index >= 15 is 0 Å². The number of rotatable bonds is 8. The average molecular weight is 419 g/mol. The van der Waals surface area contributed by atoms with E-state index in [-0.39, 0.29) is 30.9 Å². The van der Waals surface area contributed by atoms with Crippen molar-refractivity contribution in [1.82, 2.24) is 4.57 Å². The lowest BCUT2D eigenvalue weighted by Gasteiger charge is -2.15. The molecule has 1 amide bonds. The minimum Gasteiger partial charge on any atom is -0.376 e. The van der Waals surface area contributed by atoms with E-state index in [9.17, 15) is 9.59 Å². The molecule has 6 nitrogen and oxygen atoms in total. The summed E-state index contributed by atoms with van der Waals surface area (Å²) in [6.45, 7) is 6.04. The van der Waals surface area contributed by atoms with E-state index in [0.717, 1.165) is 47.8 Å². The Morgan fingerprint density at radius 1 is 1.28 bits per heavy atom. The molecule has 0 spiro atoms. The zero-order valence-corrected chi connectivity index (χ0v) is 18.0. The second kappa shape index (κ2) is 9.57. The predicted molar refractivity (Wildman–Crippen MR) is 114 cm³/mol. The molecule has 1 saturated heterocycles. The third-order valence-corrected chi connectivity index (χ3v) is 5.69. The molecule has 2 aromatic rings. The Labute approximate surface area is 176 Å². The zero-order valence-electron chi connectivity index (χ0n) is 17.3. The number of Topliss-reactive ketones (excluding diaryl/α,β-unsaturated/α-hetero) is 1. The maximum atomic E-state index is 12.9. The second-order valence-electron chi connectivity index (χ2n) is 7.79. The summed E-state index contributed by atoms with van der Waals surface area (Å²) in [5, 5.41) is 3.29. The number of benzene rings is 1. The molecule has 1 aromatic carbocycles. The maximum Gasteiger partial charge on any atom is 0.279 e. The molecular formula is C22H29ClN3O3+. The Balaban J connectivity index is 1.58. The number of hydrogen-bond donors (Lipinski definition) is 2. The lowest BCUT2D eigenvalue weighted by Crippen LogP contribution is -3.11. The molecule has 29 heavy (non-hydrogen) atoms. The number of anilines is 1. The van der Waals surface area contributed by atoms with Crippen LogP contribution in [-0.4, -0.2) is 49.1 Å². The van der Waals surface area contributed by atoms with Crippen LogP contribution in [0.15, 0.2) is 30.3 Å². The number of amides is 1. The number of aromatic nitrogens is 1. The average Bonchev–Trinajstić information content (AvgIpc) is 3.27. The van der Waals surface area contributed by atoms with Gasteiger partial charge in [-0.05, 0) is 44.9 Å². The van der Waals surface area contributed by atoms with Crippen LogP contribution in [0.1, 0.15) is 34.6 Å². The number of aryl methyl sites for hydroxylation is 1. The van der Waals surface area contributed by atoms with E-state index in [4.69, 9.17) is 16.3 Å². The molecular weight excluding hydrogens is 390 g/mol. The molecule has 0 bridgehead atoms. The molecule has 7 heteroatoms. The van der Waals surface area contributed by atoms with Crippen molar-refractivity contribution in [2.24, 2.45) is 0 Å². The molecule has 1 fully saturated rings. The summed E-state index contributed by atoms with van der Waals surface area (Å²) >= 11 is 6.08. The van der Waals surface area contributed by atoms with Crippen molar-refractivity contribution in [2.75, 3.05) is 32.1 Å². The van der Waals surface area contributed by atoms with Crippen molar-refractivity contribution in [3.8, 4) is 0 Å². The van der Waals surface area contributed by atoms with Gasteiger partial charge in [0.1, 0.15) is 6.54 Å². The predicted octanol–water partition coefficient (Wildman–Crippen LogP) is 2.27. The highest BCUT2D eigenvalue weighted by atomic mass is 35.5. The fraction of sp³-hybridized carbons (Fsp3) is 0.455. The number of likely N-dealkylation sites (N-methyl/N-ethyl adjacent to an activating group) is 1. The van der Waals surface area contributed by atoms with Gasteiger partial charge in [-0.1, -0.05) is 23.7 Å². The van der Waals surface area contributed by atoms with E-state index in [1.54, 1.807) is 12.1 Å². The highest BCUT2D eigenvalue weighted by molar-refractivity contribution is 6.33. The fourth-order valence-electron chi connectivity index (χ4n) is 3.82. The maximum absolute atomic E-state index is 12.9. The molecule has 156 valence electrons. The Morgan fingerprint density at radius 2 is 2.03 bits per heavy atom. The first kappa shape index (κ1) is 21.6. The number of quaternary nitrogens is 1. The molecule has 1 aliphatic rings. The van der Waals surface area contributed by atoms with Crippen LogP contribution in [0.25, 0.3) is 0 Å². The van der Waals surface area contributed by atoms with Crippen LogP contribution in [0.4, 0.5) is 5.69 Å². The van der Waals surface area contributed by atoms with E-state index in [2.05, 4.69) is 9.88 Å². The SMILES string of the molecule is Cc1cc(C(=O)C[NH+](C)CC(=O)Nc2ccccc2Cl)c(C)n1C[C@@H]1CCCO1. The number of ketones is 1. The van der Waals surface area contributed by atoms with E-state index < -0.39 is 0 Å². The van der Waals surface area contributed by atoms with Crippen LogP contribution in [-0.2, 0) is 16.1 Å². The number of nitrogens with one attached hydrogen (secondary N) is 2. The third-order valence-electron chi connectivity index (χ3n) is 5.36. The molecule has 2 N–H and O–H groups in total. The summed E-state index contributed by atoms with van der Waals surface area (Å²) in [5.74, 6) is -0.132. The molecule has 0 aliphatic carbocycles. The van der Waals surface area contributed by atoms with Crippen molar-refractivity contribution in [2.45, 2.75) is 39.3 Å². The second-order valence-corrected chi connectivity index (χ2v) is 8.20. The quantitative estimate of drug-likeness (QED) is 0.646. The first-order chi connectivity index (χ1) is 13.8. The van der Waals surface area contributed by atoms with Crippen LogP contribution in [0, 0.1) is 13.8 Å². The van der Waals surface area contributed by atoms with Crippen LogP contribution in [0.3, 0.4) is 0 Å². The van der Waals surface area contributed by atoms with Gasteiger partial charge in [-0.2, -0.15) is 0 Å². The number of hydrogen-bond acceptors (Lipinski definition) is 3. The van der Waals surface area contributed by atoms with Crippen molar-refractivity contribution in [1.29, 1.82) is 0 Å². The summed E-state index contributed by atoms with van der Waals surface area (Å²) in [6.07, 6.45) is 2.39. The molecule has 0 saturated carbocycles. The summed E-state index contributed by atoms with van der Waals surface area (Å²) < 4.78 is 7.91. The smallest absolute Gasteiger partial charge is 0.279 e. The molecule has 1 unspecified atom stereocenters. The van der Waals surface area contributed by atoms with Gasteiger partial charge >= 0.3 is 0 Å². The molecule has 0 radical (unpaired) electrons. The minimum absolute atomic E-state index is 0.0414. The Hall–Kier alpha value is -2.15. The Bertz CT molecular complexity index is 887. The summed E-state index contributed by atoms with van der Waals surface area (Å²) in [5.41, 5.74) is 3.34. The molecule has 1 aliphatic heterocycles. The van der Waals surface area contributed by atoms with Crippen LogP contribution in [0.5, 0.6) is 0 Å². The van der Waals surface area contributed by atoms with Crippen molar-refractivity contribution >= 4 is 29.0 Å². The fourth-order valence-corrected chi connectivity index (χ4v) is 4.00. The highest BCUT2D eigenvalue weighted by Gasteiger charge is 2.23. The number of halogens is 1. The zero-order chi connectivity index (χ0) is 21.0. The van der Waals surface area contributed by atoms with Crippen LogP contribution < -0.4 is 10.2 Å². The molecule has 2 heterocycles. The first-order valence-electron chi connectivity index (χ1n) is 10.0. The minimum atomic E-state index is -0.174. The lowest BCUT2D eigenvalue weighted by atomic mass is 10.1. The highest BCUT2D eigenvalue weighted by Crippen LogP contribution is 2.21. The Morgan fingerprint density at radius 3 is 2.72 bits per heavy atom. The van der Waals surface area contributed by atoms with Gasteiger partial charge in [0.25, 0.3) is 5.91 Å². The summed E-state index contributed by atoms with van der Waals surface area (Å²) in [7, 11) is 1.84. The number of nitrogens with zero attached hydrogens (tertiary/aromatic N) is 1. The number of carbonyl (C=O) groups is 2.